The molecule has 0 radical (unpaired) electrons. The monoisotopic (exact) mass is 460 g/mol. The van der Waals surface area contributed by atoms with Gasteiger partial charge in [0, 0.05) is 17.4 Å². The molecule has 152 valence electrons. The smallest absolute Gasteiger partial charge is 0.261 e. The lowest BCUT2D eigenvalue weighted by Gasteiger charge is -2.13. The predicted octanol–water partition coefficient (Wildman–Crippen LogP) is 3.03. The summed E-state index contributed by atoms with van der Waals surface area (Å²) in [7, 11) is 1.57. The average Bonchev–Trinajstić information content (AvgIpc) is 2.95. The molecule has 0 saturated heterocycles. The van der Waals surface area contributed by atoms with E-state index < -0.39 is 0 Å². The van der Waals surface area contributed by atoms with Crippen molar-refractivity contribution >= 4 is 33.7 Å². The lowest BCUT2D eigenvalue weighted by molar-refractivity contribution is -0.121. The second kappa shape index (κ2) is 9.56. The maximum absolute atomic E-state index is 12.4. The zero-order valence-electron chi connectivity index (χ0n) is 15.9. The summed E-state index contributed by atoms with van der Waals surface area (Å²) in [4.78, 5) is 37.9. The molecule has 3 amide bonds. The van der Waals surface area contributed by atoms with Crippen molar-refractivity contribution in [1.82, 2.24) is 10.2 Å². The number of rotatable bonds is 9. The number of hydrogen-bond acceptors (Lipinski definition) is 5. The van der Waals surface area contributed by atoms with Gasteiger partial charge in [-0.3, -0.25) is 19.3 Å². The Morgan fingerprint density at radius 3 is 2.55 bits per heavy atom. The summed E-state index contributed by atoms with van der Waals surface area (Å²) in [6.45, 7) is 0.854. The standard InChI is InChI=1S/C21H21BrN2O5/c1-28-17-5-2-3-6-18(17)29-12-10-23-19(25)7-4-11-24-20(26)15-9-8-14(22)13-16(15)21(24)27/h2-3,5-6,8-9,13H,4,7,10-12H2,1H3,(H,23,25). The highest BCUT2D eigenvalue weighted by Gasteiger charge is 2.35. The number of fused-ring (bicyclic) bond motifs is 1. The maximum Gasteiger partial charge on any atom is 0.261 e. The maximum atomic E-state index is 12.4. The fourth-order valence-electron chi connectivity index (χ4n) is 3.04. The van der Waals surface area contributed by atoms with Crippen LogP contribution >= 0.6 is 15.9 Å². The van der Waals surface area contributed by atoms with Gasteiger partial charge in [0.1, 0.15) is 6.61 Å². The molecule has 1 aliphatic rings. The number of carbonyl (C=O) groups excluding carboxylic acids is 3. The summed E-state index contributed by atoms with van der Waals surface area (Å²) < 4.78 is 11.5. The molecule has 1 aliphatic heterocycles. The predicted molar refractivity (Wildman–Crippen MR) is 110 cm³/mol. The molecular formula is C21H21BrN2O5. The Kier molecular flexibility index (Phi) is 6.87. The van der Waals surface area contributed by atoms with Crippen LogP contribution < -0.4 is 14.8 Å². The Morgan fingerprint density at radius 2 is 1.79 bits per heavy atom. The van der Waals surface area contributed by atoms with Gasteiger partial charge in [0.05, 0.1) is 24.8 Å². The summed E-state index contributed by atoms with van der Waals surface area (Å²) in [6, 6.07) is 12.3. The quantitative estimate of drug-likeness (QED) is 0.459. The SMILES string of the molecule is COc1ccccc1OCCNC(=O)CCCN1C(=O)c2ccc(Br)cc2C1=O. The number of imide groups is 1. The van der Waals surface area contributed by atoms with E-state index in [1.165, 1.54) is 4.90 Å². The highest BCUT2D eigenvalue weighted by molar-refractivity contribution is 9.10. The number of halogens is 1. The van der Waals surface area contributed by atoms with Gasteiger partial charge in [-0.15, -0.1) is 0 Å². The zero-order chi connectivity index (χ0) is 20.8. The fraction of sp³-hybridized carbons (Fsp3) is 0.286. The first-order chi connectivity index (χ1) is 14.0. The van der Waals surface area contributed by atoms with E-state index in [1.807, 2.05) is 12.1 Å². The van der Waals surface area contributed by atoms with Gasteiger partial charge in [-0.25, -0.2) is 0 Å². The number of ether oxygens (including phenoxy) is 2. The summed E-state index contributed by atoms with van der Waals surface area (Å²) in [6.07, 6.45) is 0.609. The Labute approximate surface area is 177 Å². The van der Waals surface area contributed by atoms with Crippen molar-refractivity contribution in [3.8, 4) is 11.5 Å². The third kappa shape index (κ3) is 4.95. The van der Waals surface area contributed by atoms with Crippen molar-refractivity contribution in [3.05, 3.63) is 58.1 Å². The van der Waals surface area contributed by atoms with Crippen LogP contribution in [0.15, 0.2) is 46.9 Å². The van der Waals surface area contributed by atoms with E-state index in [4.69, 9.17) is 9.47 Å². The first-order valence-electron chi connectivity index (χ1n) is 9.19. The van der Waals surface area contributed by atoms with Crippen molar-refractivity contribution in [2.75, 3.05) is 26.8 Å². The molecule has 0 aromatic heterocycles. The molecule has 0 bridgehead atoms. The number of para-hydroxylation sites is 2. The van der Waals surface area contributed by atoms with Crippen LogP contribution in [-0.4, -0.2) is 49.4 Å². The Balaban J connectivity index is 1.38. The van der Waals surface area contributed by atoms with Crippen LogP contribution in [-0.2, 0) is 4.79 Å². The minimum atomic E-state index is -0.322. The fourth-order valence-corrected chi connectivity index (χ4v) is 3.40. The van der Waals surface area contributed by atoms with Crippen LogP contribution in [0, 0.1) is 0 Å². The molecule has 0 aliphatic carbocycles. The number of nitrogens with one attached hydrogen (secondary N) is 1. The highest BCUT2D eigenvalue weighted by Crippen LogP contribution is 2.26. The van der Waals surface area contributed by atoms with Crippen LogP contribution in [0.5, 0.6) is 11.5 Å². The molecule has 0 atom stereocenters. The lowest BCUT2D eigenvalue weighted by atomic mass is 10.1. The van der Waals surface area contributed by atoms with Crippen LogP contribution in [0.2, 0.25) is 0 Å². The van der Waals surface area contributed by atoms with E-state index in [2.05, 4.69) is 21.2 Å². The molecule has 0 unspecified atom stereocenters. The van der Waals surface area contributed by atoms with Crippen molar-refractivity contribution in [1.29, 1.82) is 0 Å². The number of benzene rings is 2. The molecule has 0 fully saturated rings. The average molecular weight is 461 g/mol. The molecule has 2 aromatic carbocycles. The van der Waals surface area contributed by atoms with Crippen molar-refractivity contribution in [3.63, 3.8) is 0 Å². The largest absolute Gasteiger partial charge is 0.493 e. The Bertz CT molecular complexity index is 931. The molecule has 1 heterocycles. The summed E-state index contributed by atoms with van der Waals surface area (Å²) in [5.41, 5.74) is 0.790. The number of hydrogen-bond donors (Lipinski definition) is 1. The minimum Gasteiger partial charge on any atom is -0.493 e. The lowest BCUT2D eigenvalue weighted by Crippen LogP contribution is -2.32. The molecule has 7 nitrogen and oxygen atoms in total. The number of methoxy groups -OCH3 is 1. The Hall–Kier alpha value is -2.87. The molecule has 0 spiro atoms. The van der Waals surface area contributed by atoms with Gasteiger partial charge >= 0.3 is 0 Å². The normalized spacial score (nSPS) is 12.7. The molecule has 29 heavy (non-hydrogen) atoms. The van der Waals surface area contributed by atoms with E-state index in [0.29, 0.717) is 42.2 Å². The first kappa shape index (κ1) is 20.9. The minimum absolute atomic E-state index is 0.159. The van der Waals surface area contributed by atoms with Gasteiger partial charge in [0.2, 0.25) is 5.91 Å². The molecule has 2 aromatic rings. The van der Waals surface area contributed by atoms with Crippen molar-refractivity contribution in [2.45, 2.75) is 12.8 Å². The van der Waals surface area contributed by atoms with Crippen LogP contribution in [0.3, 0.4) is 0 Å². The van der Waals surface area contributed by atoms with E-state index in [1.54, 1.807) is 37.4 Å². The Morgan fingerprint density at radius 1 is 1.07 bits per heavy atom. The molecule has 8 heteroatoms. The summed E-state index contributed by atoms with van der Waals surface area (Å²) in [5, 5.41) is 2.76. The van der Waals surface area contributed by atoms with Crippen molar-refractivity contribution in [2.24, 2.45) is 0 Å². The van der Waals surface area contributed by atoms with Gasteiger partial charge in [-0.1, -0.05) is 28.1 Å². The third-order valence-corrected chi connectivity index (χ3v) is 4.96. The number of carbonyl (C=O) groups is 3. The van der Waals surface area contributed by atoms with Crippen LogP contribution in [0.25, 0.3) is 0 Å². The molecule has 1 N–H and O–H groups in total. The zero-order valence-corrected chi connectivity index (χ0v) is 17.5. The number of nitrogens with zero attached hydrogens (tertiary/aromatic N) is 1. The van der Waals surface area contributed by atoms with E-state index >= 15 is 0 Å². The first-order valence-corrected chi connectivity index (χ1v) is 9.99. The van der Waals surface area contributed by atoms with Crippen molar-refractivity contribution < 1.29 is 23.9 Å². The third-order valence-electron chi connectivity index (χ3n) is 4.47. The van der Waals surface area contributed by atoms with Gasteiger partial charge in [-0.2, -0.15) is 0 Å². The van der Waals surface area contributed by atoms with Gasteiger partial charge in [-0.05, 0) is 36.8 Å². The summed E-state index contributed by atoms with van der Waals surface area (Å²) >= 11 is 3.30. The van der Waals surface area contributed by atoms with E-state index in [-0.39, 0.29) is 30.7 Å². The molecule has 0 saturated carbocycles. The summed E-state index contributed by atoms with van der Waals surface area (Å²) in [5.74, 6) is 0.446. The highest BCUT2D eigenvalue weighted by atomic mass is 79.9. The topological polar surface area (TPSA) is 84.9 Å². The van der Waals surface area contributed by atoms with Gasteiger partial charge in [0.25, 0.3) is 11.8 Å². The van der Waals surface area contributed by atoms with Gasteiger partial charge in [0.15, 0.2) is 11.5 Å². The second-order valence-electron chi connectivity index (χ2n) is 6.40. The second-order valence-corrected chi connectivity index (χ2v) is 7.32. The number of amides is 3. The van der Waals surface area contributed by atoms with Crippen LogP contribution in [0.4, 0.5) is 0 Å². The van der Waals surface area contributed by atoms with Crippen LogP contribution in [0.1, 0.15) is 33.6 Å². The van der Waals surface area contributed by atoms with E-state index in [0.717, 1.165) is 4.47 Å². The van der Waals surface area contributed by atoms with E-state index in [9.17, 15) is 14.4 Å². The molecule has 3 rings (SSSR count). The molecular weight excluding hydrogens is 440 g/mol. The van der Waals surface area contributed by atoms with Gasteiger partial charge < -0.3 is 14.8 Å².